The van der Waals surface area contributed by atoms with Crippen molar-refractivity contribution in [3.63, 3.8) is 0 Å². The molecule has 11 nitrogen and oxygen atoms in total. The first-order valence-electron chi connectivity index (χ1n) is 52.0. The Kier molecular flexibility index (Phi) is 27.8. The second-order valence-corrected chi connectivity index (χ2v) is 44.9. The van der Waals surface area contributed by atoms with Crippen LogP contribution in [0, 0.1) is 0 Å². The van der Waals surface area contributed by atoms with Gasteiger partial charge in [-0.2, -0.15) is 0 Å². The number of aromatic nitrogens is 11. The monoisotopic (exact) mass is 1950 g/mol. The van der Waals surface area contributed by atoms with Gasteiger partial charge < -0.3 is 0 Å². The number of nitrogens with zero attached hydrogens (tertiary/aromatic N) is 11. The van der Waals surface area contributed by atoms with Crippen LogP contribution >= 0.6 is 0 Å². The van der Waals surface area contributed by atoms with Crippen molar-refractivity contribution in [2.75, 3.05) is 0 Å². The average molecular weight is 1950 g/mol. The van der Waals surface area contributed by atoms with E-state index in [0.717, 1.165) is 156 Å². The first kappa shape index (κ1) is 100. The molecule has 0 unspecified atom stereocenters. The van der Waals surface area contributed by atoms with Gasteiger partial charge in [0.1, 0.15) is 29.0 Å². The lowest BCUT2D eigenvalue weighted by atomic mass is 9.82. The average Bonchev–Trinajstić information content (AvgIpc) is 0.723. The zero-order chi connectivity index (χ0) is 104. The van der Waals surface area contributed by atoms with Gasteiger partial charge in [-0.15, -0.1) is 0 Å². The molecule has 7 aromatic heterocycles. The van der Waals surface area contributed by atoms with Crippen molar-refractivity contribution in [1.29, 1.82) is 0 Å². The van der Waals surface area contributed by atoms with Crippen molar-refractivity contribution in [3.8, 4) is 78.7 Å². The molecular formula is C139H125N11. The Morgan fingerprint density at radius 3 is 1.10 bits per heavy atom. The van der Waals surface area contributed by atoms with Crippen molar-refractivity contribution in [1.82, 2.24) is 54.8 Å². The molecule has 25 rings (SSSR count). The van der Waals surface area contributed by atoms with Gasteiger partial charge in [-0.05, 0) is 130 Å². The highest BCUT2D eigenvalue weighted by Crippen LogP contribution is 2.44. The lowest BCUT2D eigenvalue weighted by Crippen LogP contribution is -2.16. The van der Waals surface area contributed by atoms with Gasteiger partial charge in [-0.25, -0.2) is 49.8 Å². The lowest BCUT2D eigenvalue weighted by molar-refractivity contribution is 0.549. The molecule has 0 N–H and O–H groups in total. The van der Waals surface area contributed by atoms with E-state index >= 15 is 0 Å². The van der Waals surface area contributed by atoms with Gasteiger partial charge in [0, 0.05) is 110 Å². The molecule has 736 valence electrons. The maximum Gasteiger partial charge on any atom is 0.135 e. The Morgan fingerprint density at radius 1 is 0.167 bits per heavy atom. The van der Waals surface area contributed by atoms with Crippen LogP contribution in [-0.4, -0.2) is 54.8 Å². The number of pyridine rings is 3. The smallest absolute Gasteiger partial charge is 0.135 e. The minimum absolute atomic E-state index is 0.0212. The fourth-order valence-corrected chi connectivity index (χ4v) is 19.4. The summed E-state index contributed by atoms with van der Waals surface area (Å²) in [7, 11) is 0. The van der Waals surface area contributed by atoms with Crippen LogP contribution in [0.4, 0.5) is 0 Å². The Balaban J connectivity index is 0.000000109. The standard InChI is InChI=1S/C28H24N2.C26H22N2.2C22H20N2.C21H19N3.C20H20/c1-28(2,3)27-29-25(22-15-13-20(14-16-22)19-9-5-4-6-10-19)24-18-17-21-11-7-8-12-23(21)26(24)30-27;1-26(2,3)25-27-23(17-11-5-4-6-12-17)22-20-15-9-7-13-18(20)19-14-8-10-16-21(19)24(22)28-25;1-22(2,3)21-23-19-11-7-6-10-18(19)20(24-21)17-13-12-15-8-4-5-9-16(15)14-17;1-22(2,3)19-14-12-17-10-9-16-11-13-18(15-7-5-4-6-8-15)23-20(16)21(17)24-19;1-21(2,3)20-23-18-15-9-5-4-8-14(15)11-12-16(18)19(24-20)17-10-6-7-13-22-17;1-20(2,3)19-14-13-16(15-9-5-4-6-10-15)17-11-7-8-12-18(17)19/h4-18H,1-3H3;4-16H,1-3H3;2*4-14H,1-3H3;4-13H,1-3H3;4-14H,1-3H3. The summed E-state index contributed by atoms with van der Waals surface area (Å²) in [5, 5.41) is 21.4. The van der Waals surface area contributed by atoms with E-state index in [1.165, 1.54) is 87.1 Å². The van der Waals surface area contributed by atoms with E-state index in [4.69, 9.17) is 49.8 Å². The Hall–Kier alpha value is -17.2. The van der Waals surface area contributed by atoms with Crippen LogP contribution < -0.4 is 0 Å². The molecule has 150 heavy (non-hydrogen) atoms. The van der Waals surface area contributed by atoms with Gasteiger partial charge >= 0.3 is 0 Å². The molecule has 0 spiro atoms. The highest BCUT2D eigenvalue weighted by molar-refractivity contribution is 6.27. The molecule has 0 saturated carbocycles. The molecule has 25 aromatic rings. The van der Waals surface area contributed by atoms with E-state index in [0.29, 0.717) is 0 Å². The molecule has 0 aliphatic carbocycles. The molecule has 0 aliphatic rings. The van der Waals surface area contributed by atoms with E-state index in [9.17, 15) is 0 Å². The summed E-state index contributed by atoms with van der Waals surface area (Å²) in [6.07, 6.45) is 1.81. The van der Waals surface area contributed by atoms with Crippen molar-refractivity contribution in [2.45, 2.75) is 157 Å². The summed E-state index contributed by atoms with van der Waals surface area (Å²) < 4.78 is 0. The Morgan fingerprint density at radius 2 is 0.547 bits per heavy atom. The second-order valence-electron chi connectivity index (χ2n) is 44.9. The fraction of sp³-hybridized carbons (Fsp3) is 0.173. The highest BCUT2D eigenvalue weighted by Gasteiger charge is 2.29. The van der Waals surface area contributed by atoms with Crippen molar-refractivity contribution < 1.29 is 0 Å². The van der Waals surface area contributed by atoms with Crippen molar-refractivity contribution in [3.05, 3.63) is 465 Å². The maximum absolute atomic E-state index is 5.10. The number of benzene rings is 18. The van der Waals surface area contributed by atoms with Gasteiger partial charge in [0.15, 0.2) is 0 Å². The first-order chi connectivity index (χ1) is 72.2. The first-order valence-corrected chi connectivity index (χ1v) is 52.0. The molecular weight excluding hydrogens is 1820 g/mol. The molecule has 0 saturated heterocycles. The number of hydrogen-bond acceptors (Lipinski definition) is 11. The molecule has 0 radical (unpaired) electrons. The van der Waals surface area contributed by atoms with Gasteiger partial charge in [-0.1, -0.05) is 501 Å². The van der Waals surface area contributed by atoms with Crippen LogP contribution in [0.5, 0.6) is 0 Å². The van der Waals surface area contributed by atoms with Gasteiger partial charge in [-0.3, -0.25) is 4.98 Å². The zero-order valence-corrected chi connectivity index (χ0v) is 88.9. The van der Waals surface area contributed by atoms with Crippen LogP contribution in [0.3, 0.4) is 0 Å². The molecule has 11 heteroatoms. The Labute approximate surface area is 880 Å². The van der Waals surface area contributed by atoms with Crippen LogP contribution in [0.25, 0.3) is 209 Å². The topological polar surface area (TPSA) is 142 Å². The van der Waals surface area contributed by atoms with Crippen LogP contribution in [0.1, 0.15) is 159 Å². The van der Waals surface area contributed by atoms with Crippen LogP contribution in [-0.2, 0) is 32.5 Å². The maximum atomic E-state index is 5.10. The summed E-state index contributed by atoms with van der Waals surface area (Å²) >= 11 is 0. The number of fused-ring (bicyclic) bond motifs is 18. The van der Waals surface area contributed by atoms with E-state index in [1.54, 1.807) is 6.20 Å². The van der Waals surface area contributed by atoms with Gasteiger partial charge in [0.25, 0.3) is 0 Å². The lowest BCUT2D eigenvalue weighted by Gasteiger charge is -2.22. The molecule has 18 aromatic carbocycles. The molecule has 0 fully saturated rings. The molecule has 0 amide bonds. The zero-order valence-electron chi connectivity index (χ0n) is 88.9. The van der Waals surface area contributed by atoms with Crippen molar-refractivity contribution >= 4 is 130 Å². The fourth-order valence-electron chi connectivity index (χ4n) is 19.4. The second kappa shape index (κ2) is 41.6. The molecule has 0 bridgehead atoms. The molecule has 7 heterocycles. The summed E-state index contributed by atoms with van der Waals surface area (Å²) in [6, 6.07) is 148. The summed E-state index contributed by atoms with van der Waals surface area (Å²) in [4.78, 5) is 54.2. The molecule has 0 aliphatic heterocycles. The van der Waals surface area contributed by atoms with Crippen molar-refractivity contribution in [2.24, 2.45) is 0 Å². The SMILES string of the molecule is CC(C)(C)c1ccc(-c2ccccc2)c2ccccc12.CC(C)(C)c1ccc2ccc3ccc(-c4ccccc4)nc3c2n1.CC(C)(C)c1nc(-c2ccc(-c3ccccc3)cc2)c2ccc3ccccc3c2n1.CC(C)(C)c1nc(-c2ccc3ccccc3c2)c2ccccc2n1.CC(C)(C)c1nc(-c2ccccc2)c2c3ccccc3c3ccccc3c2n1.CC(C)(C)c1nc(-c2ccccn2)c2ccc3ccccc3c2n1. The summed E-state index contributed by atoms with van der Waals surface area (Å²) in [5.74, 6) is 3.46. The predicted molar refractivity (Wildman–Crippen MR) is 635 cm³/mol. The van der Waals surface area contributed by atoms with E-state index in [-0.39, 0.29) is 32.5 Å². The van der Waals surface area contributed by atoms with E-state index < -0.39 is 0 Å². The number of para-hydroxylation sites is 1. The minimum atomic E-state index is -0.135. The number of hydrogen-bond donors (Lipinski definition) is 0. The highest BCUT2D eigenvalue weighted by atomic mass is 14.9. The number of rotatable bonds is 7. The molecule has 0 atom stereocenters. The third-order valence-electron chi connectivity index (χ3n) is 27.5. The van der Waals surface area contributed by atoms with Crippen LogP contribution in [0.15, 0.2) is 431 Å². The van der Waals surface area contributed by atoms with Gasteiger partial charge in [0.2, 0.25) is 0 Å². The normalized spacial score (nSPS) is 11.9. The third kappa shape index (κ3) is 21.4. The largest absolute Gasteiger partial charge is 0.255 e. The van der Waals surface area contributed by atoms with E-state index in [1.807, 2.05) is 60.7 Å². The third-order valence-corrected chi connectivity index (χ3v) is 27.5. The van der Waals surface area contributed by atoms with E-state index in [2.05, 4.69) is 494 Å². The van der Waals surface area contributed by atoms with Crippen LogP contribution in [0.2, 0.25) is 0 Å². The predicted octanol–water partition coefficient (Wildman–Crippen LogP) is 36.8. The quantitative estimate of drug-likeness (QED) is 0.141. The minimum Gasteiger partial charge on any atom is -0.255 e. The Bertz CT molecular complexity index is 9280. The summed E-state index contributed by atoms with van der Waals surface area (Å²) in [6.45, 7) is 39.3. The van der Waals surface area contributed by atoms with Gasteiger partial charge in [0.05, 0.1) is 61.6 Å². The summed E-state index contributed by atoms with van der Waals surface area (Å²) in [5.41, 5.74) is 23.5.